The minimum Gasteiger partial charge on any atom is -0.494 e. The number of methoxy groups -OCH3 is 1. The quantitative estimate of drug-likeness (QED) is 0.645. The summed E-state index contributed by atoms with van der Waals surface area (Å²) in [6.07, 6.45) is 0. The molecule has 2 N–H and O–H groups in total. The molecular formula is C23H21FN2O3. The van der Waals surface area contributed by atoms with Gasteiger partial charge in [-0.1, -0.05) is 42.5 Å². The fourth-order valence-corrected chi connectivity index (χ4v) is 2.89. The molecule has 0 unspecified atom stereocenters. The van der Waals surface area contributed by atoms with E-state index in [0.717, 1.165) is 11.6 Å². The van der Waals surface area contributed by atoms with Crippen molar-refractivity contribution in [2.75, 3.05) is 12.4 Å². The van der Waals surface area contributed by atoms with Gasteiger partial charge in [0.05, 0.1) is 24.4 Å². The third kappa shape index (κ3) is 4.79. The van der Waals surface area contributed by atoms with Crippen LogP contribution in [0.2, 0.25) is 0 Å². The molecule has 1 atom stereocenters. The lowest BCUT2D eigenvalue weighted by atomic mass is 10.1. The van der Waals surface area contributed by atoms with Crippen molar-refractivity contribution in [2.24, 2.45) is 0 Å². The average Bonchev–Trinajstić information content (AvgIpc) is 2.74. The van der Waals surface area contributed by atoms with Crippen molar-refractivity contribution in [1.82, 2.24) is 5.32 Å². The lowest BCUT2D eigenvalue weighted by Crippen LogP contribution is -2.28. The van der Waals surface area contributed by atoms with Crippen LogP contribution in [0.5, 0.6) is 5.75 Å². The summed E-state index contributed by atoms with van der Waals surface area (Å²) in [5.74, 6) is -1.43. The molecule has 3 rings (SSSR count). The molecule has 0 bridgehead atoms. The summed E-state index contributed by atoms with van der Waals surface area (Å²) in [4.78, 5) is 25.3. The zero-order chi connectivity index (χ0) is 20.8. The van der Waals surface area contributed by atoms with Gasteiger partial charge in [-0.3, -0.25) is 9.59 Å². The SMILES string of the molecule is COc1ccc(C(=O)Nc2ccccc2C(=O)N[C@@H](C)c2ccccc2)cc1F. The van der Waals surface area contributed by atoms with Gasteiger partial charge in [0.25, 0.3) is 11.8 Å². The van der Waals surface area contributed by atoms with Crippen molar-refractivity contribution in [3.05, 3.63) is 95.3 Å². The number of hydrogen-bond donors (Lipinski definition) is 2. The molecule has 0 aliphatic heterocycles. The van der Waals surface area contributed by atoms with Gasteiger partial charge in [0, 0.05) is 5.56 Å². The van der Waals surface area contributed by atoms with Crippen molar-refractivity contribution < 1.29 is 18.7 Å². The monoisotopic (exact) mass is 392 g/mol. The summed E-state index contributed by atoms with van der Waals surface area (Å²) >= 11 is 0. The first-order chi connectivity index (χ1) is 14.0. The van der Waals surface area contributed by atoms with Crippen LogP contribution in [0.15, 0.2) is 72.8 Å². The van der Waals surface area contributed by atoms with Gasteiger partial charge in [0.1, 0.15) is 0 Å². The Hall–Kier alpha value is -3.67. The van der Waals surface area contributed by atoms with Gasteiger partial charge in [-0.25, -0.2) is 4.39 Å². The molecule has 0 aliphatic rings. The molecule has 0 saturated heterocycles. The second-order valence-corrected chi connectivity index (χ2v) is 6.45. The molecule has 6 heteroatoms. The third-order valence-electron chi connectivity index (χ3n) is 4.48. The molecule has 5 nitrogen and oxygen atoms in total. The van der Waals surface area contributed by atoms with E-state index in [9.17, 15) is 14.0 Å². The van der Waals surface area contributed by atoms with Crippen LogP contribution < -0.4 is 15.4 Å². The first-order valence-corrected chi connectivity index (χ1v) is 9.09. The molecule has 0 fully saturated rings. The van der Waals surface area contributed by atoms with Gasteiger partial charge in [0.2, 0.25) is 0 Å². The number of amides is 2. The molecule has 0 radical (unpaired) electrons. The van der Waals surface area contributed by atoms with Gasteiger partial charge in [-0.2, -0.15) is 0 Å². The first kappa shape index (κ1) is 20.1. The maximum atomic E-state index is 13.9. The molecular weight excluding hydrogens is 371 g/mol. The summed E-state index contributed by atoms with van der Waals surface area (Å²) in [6, 6.07) is 20.0. The van der Waals surface area contributed by atoms with E-state index in [1.807, 2.05) is 37.3 Å². The summed E-state index contributed by atoms with van der Waals surface area (Å²) in [7, 11) is 1.35. The number of anilines is 1. The minimum absolute atomic E-state index is 0.0521. The van der Waals surface area contributed by atoms with Crippen molar-refractivity contribution in [2.45, 2.75) is 13.0 Å². The number of carbonyl (C=O) groups is 2. The van der Waals surface area contributed by atoms with E-state index in [1.165, 1.54) is 19.2 Å². The normalized spacial score (nSPS) is 11.4. The van der Waals surface area contributed by atoms with Crippen LogP contribution >= 0.6 is 0 Å². The molecule has 0 aromatic heterocycles. The van der Waals surface area contributed by atoms with E-state index in [0.29, 0.717) is 11.3 Å². The van der Waals surface area contributed by atoms with E-state index in [1.54, 1.807) is 24.3 Å². The molecule has 0 aliphatic carbocycles. The Kier molecular flexibility index (Phi) is 6.24. The summed E-state index contributed by atoms with van der Waals surface area (Å²) in [5.41, 5.74) is 1.75. The molecule has 0 heterocycles. The predicted octanol–water partition coefficient (Wildman–Crippen LogP) is 4.58. The number of benzene rings is 3. The average molecular weight is 392 g/mol. The molecule has 0 spiro atoms. The Morgan fingerprint density at radius 1 is 0.931 bits per heavy atom. The van der Waals surface area contributed by atoms with Crippen molar-refractivity contribution in [3.8, 4) is 5.75 Å². The number of carbonyl (C=O) groups excluding carboxylic acids is 2. The third-order valence-corrected chi connectivity index (χ3v) is 4.48. The molecule has 0 saturated carbocycles. The molecule has 3 aromatic carbocycles. The molecule has 29 heavy (non-hydrogen) atoms. The fourth-order valence-electron chi connectivity index (χ4n) is 2.89. The Morgan fingerprint density at radius 2 is 1.62 bits per heavy atom. The number of nitrogens with one attached hydrogen (secondary N) is 2. The van der Waals surface area contributed by atoms with Crippen LogP contribution in [0, 0.1) is 5.82 Å². The molecule has 2 amide bonds. The topological polar surface area (TPSA) is 67.4 Å². The lowest BCUT2D eigenvalue weighted by Gasteiger charge is -2.16. The van der Waals surface area contributed by atoms with E-state index in [2.05, 4.69) is 10.6 Å². The van der Waals surface area contributed by atoms with E-state index in [-0.39, 0.29) is 23.3 Å². The van der Waals surface area contributed by atoms with Gasteiger partial charge in [-0.15, -0.1) is 0 Å². The second kappa shape index (κ2) is 9.01. The number of para-hydroxylation sites is 1. The van der Waals surface area contributed by atoms with E-state index < -0.39 is 11.7 Å². The fraction of sp³-hybridized carbons (Fsp3) is 0.130. The Balaban J connectivity index is 1.77. The second-order valence-electron chi connectivity index (χ2n) is 6.45. The van der Waals surface area contributed by atoms with Crippen LogP contribution in [-0.4, -0.2) is 18.9 Å². The highest BCUT2D eigenvalue weighted by molar-refractivity contribution is 6.09. The summed E-state index contributed by atoms with van der Waals surface area (Å²) in [6.45, 7) is 1.88. The predicted molar refractivity (Wildman–Crippen MR) is 110 cm³/mol. The standard InChI is InChI=1S/C23H21FN2O3/c1-15(16-8-4-3-5-9-16)25-23(28)18-10-6-7-11-20(18)26-22(27)17-12-13-21(29-2)19(24)14-17/h3-15H,1-2H3,(H,25,28)(H,26,27)/t15-/m0/s1. The maximum absolute atomic E-state index is 13.9. The van der Waals surface area contributed by atoms with E-state index >= 15 is 0 Å². The van der Waals surface area contributed by atoms with Crippen molar-refractivity contribution in [1.29, 1.82) is 0 Å². The smallest absolute Gasteiger partial charge is 0.255 e. The highest BCUT2D eigenvalue weighted by Crippen LogP contribution is 2.21. The highest BCUT2D eigenvalue weighted by atomic mass is 19.1. The van der Waals surface area contributed by atoms with E-state index in [4.69, 9.17) is 4.74 Å². The minimum atomic E-state index is -0.636. The van der Waals surface area contributed by atoms with Crippen LogP contribution in [-0.2, 0) is 0 Å². The van der Waals surface area contributed by atoms with Crippen molar-refractivity contribution >= 4 is 17.5 Å². The van der Waals surface area contributed by atoms with Gasteiger partial charge < -0.3 is 15.4 Å². The molecule has 3 aromatic rings. The Morgan fingerprint density at radius 3 is 2.31 bits per heavy atom. The number of hydrogen-bond acceptors (Lipinski definition) is 3. The van der Waals surface area contributed by atoms with Crippen LogP contribution in [0.25, 0.3) is 0 Å². The maximum Gasteiger partial charge on any atom is 0.255 e. The number of halogens is 1. The lowest BCUT2D eigenvalue weighted by molar-refractivity contribution is 0.0940. The molecule has 148 valence electrons. The van der Waals surface area contributed by atoms with Crippen LogP contribution in [0.4, 0.5) is 10.1 Å². The Labute approximate surface area is 168 Å². The highest BCUT2D eigenvalue weighted by Gasteiger charge is 2.17. The zero-order valence-corrected chi connectivity index (χ0v) is 16.1. The summed E-state index contributed by atoms with van der Waals surface area (Å²) < 4.78 is 18.8. The zero-order valence-electron chi connectivity index (χ0n) is 16.1. The van der Waals surface area contributed by atoms with Crippen LogP contribution in [0.3, 0.4) is 0 Å². The van der Waals surface area contributed by atoms with Gasteiger partial charge in [0.15, 0.2) is 11.6 Å². The largest absolute Gasteiger partial charge is 0.494 e. The van der Waals surface area contributed by atoms with Gasteiger partial charge in [-0.05, 0) is 42.8 Å². The number of ether oxygens (including phenoxy) is 1. The summed E-state index contributed by atoms with van der Waals surface area (Å²) in [5, 5.41) is 5.60. The van der Waals surface area contributed by atoms with Crippen LogP contribution in [0.1, 0.15) is 39.2 Å². The number of rotatable bonds is 6. The van der Waals surface area contributed by atoms with Gasteiger partial charge >= 0.3 is 0 Å². The van der Waals surface area contributed by atoms with Crippen molar-refractivity contribution in [3.63, 3.8) is 0 Å². The Bertz CT molecular complexity index is 1020. The first-order valence-electron chi connectivity index (χ1n) is 9.09.